The number of aromatic nitrogens is 1. The highest BCUT2D eigenvalue weighted by Crippen LogP contribution is 2.23. The zero-order valence-electron chi connectivity index (χ0n) is 15.9. The Balaban J connectivity index is 2.02. The second-order valence-electron chi connectivity index (χ2n) is 6.64. The van der Waals surface area contributed by atoms with Gasteiger partial charge in [-0.15, -0.1) is 0 Å². The van der Waals surface area contributed by atoms with Crippen LogP contribution in [0.25, 0.3) is 17.0 Å². The zero-order valence-corrected chi connectivity index (χ0v) is 16.6. The average molecular weight is 394 g/mol. The molecule has 0 bridgehead atoms. The largest absolute Gasteiger partial charge is 0.344 e. The molecular formula is C22H20ClN3O2. The van der Waals surface area contributed by atoms with Crippen LogP contribution < -0.4 is 5.32 Å². The third kappa shape index (κ3) is 4.38. The number of nitrogens with one attached hydrogen (secondary N) is 1. The molecule has 1 N–H and O–H groups in total. The molecule has 2 amide bonds. The van der Waals surface area contributed by atoms with Crippen molar-refractivity contribution in [3.8, 4) is 0 Å². The number of hydrogen-bond acceptors (Lipinski definition) is 3. The van der Waals surface area contributed by atoms with E-state index in [1.54, 1.807) is 44.4 Å². The van der Waals surface area contributed by atoms with E-state index in [9.17, 15) is 9.59 Å². The molecule has 0 aliphatic heterocycles. The molecule has 142 valence electrons. The molecule has 5 nitrogen and oxygen atoms in total. The molecule has 3 rings (SSSR count). The summed E-state index contributed by atoms with van der Waals surface area (Å²) in [6.07, 6.45) is 1.55. The molecule has 0 atom stereocenters. The van der Waals surface area contributed by atoms with Crippen molar-refractivity contribution in [2.75, 3.05) is 14.1 Å². The lowest BCUT2D eigenvalue weighted by Gasteiger charge is -2.15. The highest BCUT2D eigenvalue weighted by molar-refractivity contribution is 6.31. The lowest BCUT2D eigenvalue weighted by molar-refractivity contribution is -0.124. The maximum absolute atomic E-state index is 12.6. The van der Waals surface area contributed by atoms with Gasteiger partial charge in [-0.3, -0.25) is 9.59 Å². The van der Waals surface area contributed by atoms with Crippen molar-refractivity contribution in [1.29, 1.82) is 0 Å². The number of pyridine rings is 1. The monoisotopic (exact) mass is 393 g/mol. The molecule has 3 aromatic rings. The standard InChI is InChI=1S/C22H20ClN3O2/c1-14-9-10-16-12-17(20(23)24-18(16)11-14)13-19(22(28)26(2)3)25-21(27)15-7-5-4-6-8-15/h4-13H,1-3H3,(H,25,27). The molecule has 2 aromatic carbocycles. The van der Waals surface area contributed by atoms with Crippen LogP contribution in [0.3, 0.4) is 0 Å². The van der Waals surface area contributed by atoms with E-state index >= 15 is 0 Å². The van der Waals surface area contributed by atoms with Gasteiger partial charge in [-0.1, -0.05) is 41.9 Å². The van der Waals surface area contributed by atoms with E-state index in [0.29, 0.717) is 11.1 Å². The Labute approximate surface area is 168 Å². The summed E-state index contributed by atoms with van der Waals surface area (Å²) in [5.74, 6) is -0.716. The molecule has 0 fully saturated rings. The van der Waals surface area contributed by atoms with E-state index in [0.717, 1.165) is 16.5 Å². The van der Waals surface area contributed by atoms with Crippen LogP contribution in [0.2, 0.25) is 5.15 Å². The summed E-state index contributed by atoms with van der Waals surface area (Å²) in [5.41, 5.74) is 2.98. The quantitative estimate of drug-likeness (QED) is 0.537. The van der Waals surface area contributed by atoms with E-state index in [1.165, 1.54) is 4.90 Å². The van der Waals surface area contributed by atoms with Crippen LogP contribution in [0.4, 0.5) is 0 Å². The summed E-state index contributed by atoms with van der Waals surface area (Å²) in [4.78, 5) is 31.0. The number of rotatable bonds is 4. The number of amides is 2. The minimum absolute atomic E-state index is 0.119. The van der Waals surface area contributed by atoms with Gasteiger partial charge in [0, 0.05) is 30.6 Å². The lowest BCUT2D eigenvalue weighted by atomic mass is 10.1. The first-order valence-electron chi connectivity index (χ1n) is 8.72. The number of aryl methyl sites for hydroxylation is 1. The molecule has 0 aliphatic rings. The van der Waals surface area contributed by atoms with Crippen molar-refractivity contribution in [2.45, 2.75) is 6.92 Å². The number of hydrogen-bond donors (Lipinski definition) is 1. The SMILES string of the molecule is Cc1ccc2cc(C=C(NC(=O)c3ccccc3)C(=O)N(C)C)c(Cl)nc2c1. The van der Waals surface area contributed by atoms with Crippen LogP contribution in [-0.2, 0) is 4.79 Å². The Bertz CT molecular complexity index is 1080. The van der Waals surface area contributed by atoms with Gasteiger partial charge in [-0.05, 0) is 42.8 Å². The lowest BCUT2D eigenvalue weighted by Crippen LogP contribution is -2.34. The van der Waals surface area contributed by atoms with Gasteiger partial charge >= 0.3 is 0 Å². The summed E-state index contributed by atoms with van der Waals surface area (Å²) >= 11 is 6.34. The Hall–Kier alpha value is -3.18. The molecule has 6 heteroatoms. The molecule has 1 heterocycles. The summed E-state index contributed by atoms with van der Waals surface area (Å²) in [6.45, 7) is 1.98. The Morgan fingerprint density at radius 2 is 1.79 bits per heavy atom. The summed E-state index contributed by atoms with van der Waals surface area (Å²) in [6, 6.07) is 16.4. The van der Waals surface area contributed by atoms with Gasteiger partial charge in [0.15, 0.2) is 0 Å². The average Bonchev–Trinajstić information content (AvgIpc) is 2.68. The molecule has 0 spiro atoms. The molecule has 0 aliphatic carbocycles. The van der Waals surface area contributed by atoms with Gasteiger partial charge in [0.05, 0.1) is 5.52 Å². The van der Waals surface area contributed by atoms with Gasteiger partial charge < -0.3 is 10.2 Å². The number of halogens is 1. The number of benzene rings is 2. The molecule has 0 radical (unpaired) electrons. The van der Waals surface area contributed by atoms with E-state index in [2.05, 4.69) is 10.3 Å². The van der Waals surface area contributed by atoms with E-state index in [-0.39, 0.29) is 22.7 Å². The second kappa shape index (κ2) is 8.23. The Morgan fingerprint density at radius 3 is 2.46 bits per heavy atom. The van der Waals surface area contributed by atoms with Gasteiger partial charge in [0.25, 0.3) is 11.8 Å². The van der Waals surface area contributed by atoms with E-state index in [1.807, 2.05) is 37.3 Å². The first kappa shape index (κ1) is 19.6. The van der Waals surface area contributed by atoms with Crippen LogP contribution in [0.1, 0.15) is 21.5 Å². The molecule has 1 aromatic heterocycles. The maximum Gasteiger partial charge on any atom is 0.269 e. The van der Waals surface area contributed by atoms with Crippen molar-refractivity contribution >= 4 is 40.4 Å². The number of carbonyl (C=O) groups excluding carboxylic acids is 2. The fourth-order valence-electron chi connectivity index (χ4n) is 2.70. The van der Waals surface area contributed by atoms with Crippen LogP contribution in [-0.4, -0.2) is 35.8 Å². The molecule has 0 saturated carbocycles. The Kier molecular flexibility index (Phi) is 5.76. The zero-order chi connectivity index (χ0) is 20.3. The molecule has 28 heavy (non-hydrogen) atoms. The van der Waals surface area contributed by atoms with Gasteiger partial charge in [-0.25, -0.2) is 4.98 Å². The molecular weight excluding hydrogens is 374 g/mol. The van der Waals surface area contributed by atoms with Gasteiger partial charge in [0.2, 0.25) is 0 Å². The number of likely N-dealkylation sites (N-methyl/N-ethyl adjacent to an activating group) is 1. The minimum atomic E-state index is -0.373. The fourth-order valence-corrected chi connectivity index (χ4v) is 2.90. The highest BCUT2D eigenvalue weighted by Gasteiger charge is 2.17. The van der Waals surface area contributed by atoms with E-state index < -0.39 is 0 Å². The maximum atomic E-state index is 12.6. The van der Waals surface area contributed by atoms with Crippen molar-refractivity contribution in [3.05, 3.63) is 82.1 Å². The summed E-state index contributed by atoms with van der Waals surface area (Å²) in [7, 11) is 3.24. The third-order valence-corrected chi connectivity index (χ3v) is 4.48. The highest BCUT2D eigenvalue weighted by atomic mass is 35.5. The molecule has 0 unspecified atom stereocenters. The van der Waals surface area contributed by atoms with Crippen LogP contribution in [0.5, 0.6) is 0 Å². The summed E-state index contributed by atoms with van der Waals surface area (Å²) in [5, 5.41) is 3.85. The van der Waals surface area contributed by atoms with Crippen LogP contribution >= 0.6 is 11.6 Å². The third-order valence-electron chi connectivity index (χ3n) is 4.17. The van der Waals surface area contributed by atoms with Gasteiger partial charge in [-0.2, -0.15) is 0 Å². The Morgan fingerprint density at radius 1 is 1.07 bits per heavy atom. The normalized spacial score (nSPS) is 11.4. The second-order valence-corrected chi connectivity index (χ2v) is 7.00. The smallest absolute Gasteiger partial charge is 0.269 e. The topological polar surface area (TPSA) is 62.3 Å². The fraction of sp³-hybridized carbons (Fsp3) is 0.136. The first-order valence-corrected chi connectivity index (χ1v) is 9.09. The van der Waals surface area contributed by atoms with Crippen LogP contribution in [0.15, 0.2) is 60.3 Å². The van der Waals surface area contributed by atoms with E-state index in [4.69, 9.17) is 11.6 Å². The van der Waals surface area contributed by atoms with Crippen LogP contribution in [0, 0.1) is 6.92 Å². The predicted octanol–water partition coefficient (Wildman–Crippen LogP) is 4.06. The number of fused-ring (bicyclic) bond motifs is 1. The van der Waals surface area contributed by atoms with Crippen molar-refractivity contribution < 1.29 is 9.59 Å². The minimum Gasteiger partial charge on any atom is -0.344 e. The first-order chi connectivity index (χ1) is 13.3. The predicted molar refractivity (Wildman–Crippen MR) is 112 cm³/mol. The van der Waals surface area contributed by atoms with Gasteiger partial charge in [0.1, 0.15) is 10.9 Å². The number of nitrogens with zero attached hydrogens (tertiary/aromatic N) is 2. The number of carbonyl (C=O) groups is 2. The van der Waals surface area contributed by atoms with Crippen molar-refractivity contribution in [3.63, 3.8) is 0 Å². The molecule has 0 saturated heterocycles. The summed E-state index contributed by atoms with van der Waals surface area (Å²) < 4.78 is 0. The van der Waals surface area contributed by atoms with Crippen molar-refractivity contribution in [2.24, 2.45) is 0 Å². The van der Waals surface area contributed by atoms with Crippen molar-refractivity contribution in [1.82, 2.24) is 15.2 Å².